The van der Waals surface area contributed by atoms with Gasteiger partial charge in [-0.15, -0.1) is 13.2 Å². The number of ether oxygens (including phenoxy) is 3. The number of hydrogen-bond donors (Lipinski definition) is 1. The molecule has 1 N–H and O–H groups in total. The van der Waals surface area contributed by atoms with Crippen molar-refractivity contribution in [1.29, 1.82) is 0 Å². The number of alkyl halides is 3. The molecule has 140 valence electrons. The highest BCUT2D eigenvalue weighted by Crippen LogP contribution is 2.27. The molecule has 0 aliphatic carbocycles. The summed E-state index contributed by atoms with van der Waals surface area (Å²) in [6, 6.07) is 11.8. The zero-order valence-corrected chi connectivity index (χ0v) is 14.0. The van der Waals surface area contributed by atoms with Crippen molar-refractivity contribution in [2.24, 2.45) is 0 Å². The number of carbonyl (C=O) groups excluding carboxylic acids is 1. The molecule has 1 amide bonds. The van der Waals surface area contributed by atoms with E-state index in [0.29, 0.717) is 23.8 Å². The Hall–Kier alpha value is -2.90. The molecular formula is C18H18F3NO4. The molecule has 0 bridgehead atoms. The van der Waals surface area contributed by atoms with Crippen LogP contribution in [-0.2, 0) is 4.79 Å². The predicted molar refractivity (Wildman–Crippen MR) is 89.5 cm³/mol. The van der Waals surface area contributed by atoms with E-state index < -0.39 is 12.3 Å². The zero-order valence-electron chi connectivity index (χ0n) is 14.0. The summed E-state index contributed by atoms with van der Waals surface area (Å²) in [6.07, 6.45) is -3.92. The van der Waals surface area contributed by atoms with Crippen LogP contribution in [0.5, 0.6) is 17.2 Å². The first-order chi connectivity index (χ1) is 12.4. The van der Waals surface area contributed by atoms with Gasteiger partial charge in [-0.1, -0.05) is 19.1 Å². The summed E-state index contributed by atoms with van der Waals surface area (Å²) < 4.78 is 51.1. The second-order valence-corrected chi connectivity index (χ2v) is 5.20. The maximum Gasteiger partial charge on any atom is 0.573 e. The summed E-state index contributed by atoms with van der Waals surface area (Å²) in [5.41, 5.74) is 0.323. The molecule has 0 fully saturated rings. The minimum absolute atomic E-state index is 0.271. The average molecular weight is 369 g/mol. The summed E-state index contributed by atoms with van der Waals surface area (Å²) in [6.45, 7) is 2.23. The molecule has 0 aromatic heterocycles. The highest BCUT2D eigenvalue weighted by Gasteiger charge is 2.30. The van der Waals surface area contributed by atoms with Gasteiger partial charge in [-0.05, 0) is 42.8 Å². The summed E-state index contributed by atoms with van der Waals surface area (Å²) >= 11 is 0. The number of anilines is 1. The molecular weight excluding hydrogens is 351 g/mol. The van der Waals surface area contributed by atoms with Gasteiger partial charge in [0.05, 0.1) is 6.61 Å². The molecule has 0 saturated heterocycles. The van der Waals surface area contributed by atoms with Crippen molar-refractivity contribution in [2.75, 3.05) is 18.5 Å². The van der Waals surface area contributed by atoms with Gasteiger partial charge in [0.15, 0.2) is 18.1 Å². The Labute approximate surface area is 148 Å². The van der Waals surface area contributed by atoms with Crippen LogP contribution in [0.4, 0.5) is 18.9 Å². The van der Waals surface area contributed by atoms with Crippen molar-refractivity contribution in [3.8, 4) is 17.2 Å². The van der Waals surface area contributed by atoms with Gasteiger partial charge < -0.3 is 19.5 Å². The lowest BCUT2D eigenvalue weighted by atomic mass is 10.3. The number of nitrogens with one attached hydrogen (secondary N) is 1. The van der Waals surface area contributed by atoms with Crippen molar-refractivity contribution in [1.82, 2.24) is 0 Å². The zero-order chi connectivity index (χ0) is 19.0. The molecule has 0 spiro atoms. The number of halogens is 3. The summed E-state index contributed by atoms with van der Waals surface area (Å²) in [5.74, 6) is 0.148. The lowest BCUT2D eigenvalue weighted by molar-refractivity contribution is -0.274. The van der Waals surface area contributed by atoms with E-state index in [-0.39, 0.29) is 12.4 Å². The van der Waals surface area contributed by atoms with Crippen LogP contribution in [0.2, 0.25) is 0 Å². The minimum Gasteiger partial charge on any atom is -0.490 e. The van der Waals surface area contributed by atoms with E-state index in [4.69, 9.17) is 9.47 Å². The fraction of sp³-hybridized carbons (Fsp3) is 0.278. The van der Waals surface area contributed by atoms with Gasteiger partial charge in [-0.3, -0.25) is 4.79 Å². The van der Waals surface area contributed by atoms with E-state index >= 15 is 0 Å². The van der Waals surface area contributed by atoms with Gasteiger partial charge in [0.2, 0.25) is 0 Å². The van der Waals surface area contributed by atoms with Crippen LogP contribution in [-0.4, -0.2) is 25.5 Å². The molecule has 0 unspecified atom stereocenters. The average Bonchev–Trinajstić information content (AvgIpc) is 2.59. The van der Waals surface area contributed by atoms with Crippen molar-refractivity contribution in [3.05, 3.63) is 48.5 Å². The lowest BCUT2D eigenvalue weighted by Gasteiger charge is -2.12. The van der Waals surface area contributed by atoms with Gasteiger partial charge in [-0.25, -0.2) is 0 Å². The highest BCUT2D eigenvalue weighted by molar-refractivity contribution is 5.91. The fourth-order valence-electron chi connectivity index (χ4n) is 1.98. The van der Waals surface area contributed by atoms with E-state index in [1.165, 1.54) is 12.1 Å². The Morgan fingerprint density at radius 3 is 2.19 bits per heavy atom. The molecule has 2 aromatic rings. The molecule has 2 aromatic carbocycles. The predicted octanol–water partition coefficient (Wildman–Crippen LogP) is 4.39. The highest BCUT2D eigenvalue weighted by atomic mass is 19.4. The van der Waals surface area contributed by atoms with E-state index in [1.807, 2.05) is 6.92 Å². The lowest BCUT2D eigenvalue weighted by Crippen LogP contribution is -2.20. The van der Waals surface area contributed by atoms with Crippen LogP contribution in [0.3, 0.4) is 0 Å². The van der Waals surface area contributed by atoms with Crippen LogP contribution in [0.25, 0.3) is 0 Å². The molecule has 0 atom stereocenters. The van der Waals surface area contributed by atoms with Crippen molar-refractivity contribution >= 4 is 11.6 Å². The summed E-state index contributed by atoms with van der Waals surface area (Å²) in [4.78, 5) is 11.9. The number of hydrogen-bond acceptors (Lipinski definition) is 4. The normalized spacial score (nSPS) is 10.9. The van der Waals surface area contributed by atoms with E-state index in [2.05, 4.69) is 10.1 Å². The van der Waals surface area contributed by atoms with Crippen LogP contribution >= 0.6 is 0 Å². The first kappa shape index (κ1) is 19.4. The van der Waals surface area contributed by atoms with Gasteiger partial charge in [0, 0.05) is 5.69 Å². The molecule has 0 radical (unpaired) electrons. The monoisotopic (exact) mass is 369 g/mol. The smallest absolute Gasteiger partial charge is 0.490 e. The van der Waals surface area contributed by atoms with Gasteiger partial charge in [-0.2, -0.15) is 0 Å². The van der Waals surface area contributed by atoms with E-state index in [0.717, 1.165) is 18.6 Å². The van der Waals surface area contributed by atoms with Crippen LogP contribution < -0.4 is 19.5 Å². The second-order valence-electron chi connectivity index (χ2n) is 5.20. The maximum absolute atomic E-state index is 12.1. The molecule has 0 saturated carbocycles. The maximum atomic E-state index is 12.1. The summed E-state index contributed by atoms with van der Waals surface area (Å²) in [5, 5.41) is 2.52. The number of carbonyl (C=O) groups is 1. The molecule has 0 aliphatic heterocycles. The Kier molecular flexibility index (Phi) is 6.71. The molecule has 5 nitrogen and oxygen atoms in total. The summed E-state index contributed by atoms with van der Waals surface area (Å²) in [7, 11) is 0. The first-order valence-corrected chi connectivity index (χ1v) is 7.87. The quantitative estimate of drug-likeness (QED) is 0.750. The molecule has 0 aliphatic rings. The molecule has 2 rings (SSSR count). The van der Waals surface area contributed by atoms with Crippen LogP contribution in [0.1, 0.15) is 13.3 Å². The third kappa shape index (κ3) is 6.54. The van der Waals surface area contributed by atoms with Crippen LogP contribution in [0, 0.1) is 0 Å². The van der Waals surface area contributed by atoms with Crippen LogP contribution in [0.15, 0.2) is 48.5 Å². The molecule has 26 heavy (non-hydrogen) atoms. The number of amides is 1. The topological polar surface area (TPSA) is 56.8 Å². The molecule has 8 heteroatoms. The molecule has 0 heterocycles. The Balaban J connectivity index is 1.87. The second kappa shape index (κ2) is 8.98. The number of para-hydroxylation sites is 2. The van der Waals surface area contributed by atoms with E-state index in [1.54, 1.807) is 24.3 Å². The Bertz CT molecular complexity index is 717. The standard InChI is InChI=1S/C18H18F3NO4/c1-2-11-24-15-5-3-4-6-16(15)25-12-17(23)22-13-7-9-14(10-8-13)26-18(19,20)21/h3-10H,2,11-12H2,1H3,(H,22,23). The van der Waals surface area contributed by atoms with Crippen molar-refractivity contribution in [3.63, 3.8) is 0 Å². The van der Waals surface area contributed by atoms with Gasteiger partial charge in [0.25, 0.3) is 5.91 Å². The third-order valence-corrected chi connectivity index (χ3v) is 3.04. The number of rotatable bonds is 8. The number of benzene rings is 2. The largest absolute Gasteiger partial charge is 0.573 e. The van der Waals surface area contributed by atoms with Gasteiger partial charge >= 0.3 is 6.36 Å². The minimum atomic E-state index is -4.76. The third-order valence-electron chi connectivity index (χ3n) is 3.04. The van der Waals surface area contributed by atoms with Crippen molar-refractivity contribution < 1.29 is 32.2 Å². The van der Waals surface area contributed by atoms with E-state index in [9.17, 15) is 18.0 Å². The van der Waals surface area contributed by atoms with Gasteiger partial charge in [0.1, 0.15) is 5.75 Å². The SMILES string of the molecule is CCCOc1ccccc1OCC(=O)Nc1ccc(OC(F)(F)F)cc1. The first-order valence-electron chi connectivity index (χ1n) is 7.87. The Morgan fingerprint density at radius 2 is 1.62 bits per heavy atom. The Morgan fingerprint density at radius 1 is 1.00 bits per heavy atom. The van der Waals surface area contributed by atoms with Crippen molar-refractivity contribution in [2.45, 2.75) is 19.7 Å². The fourth-order valence-corrected chi connectivity index (χ4v) is 1.98.